The molecular weight excluding hydrogens is 302 g/mol. The second kappa shape index (κ2) is 7.41. The molecule has 0 aliphatic rings. The maximum Gasteiger partial charge on any atom is 0.153 e. The average molecular weight is 321 g/mol. The van der Waals surface area contributed by atoms with Gasteiger partial charge in [0, 0.05) is 12.2 Å². The summed E-state index contributed by atoms with van der Waals surface area (Å²) in [5.41, 5.74) is 3.11. The molecule has 1 heterocycles. The van der Waals surface area contributed by atoms with E-state index in [0.29, 0.717) is 6.61 Å². The molecule has 0 saturated carbocycles. The van der Waals surface area contributed by atoms with Gasteiger partial charge in [0.1, 0.15) is 12.4 Å². The highest BCUT2D eigenvalue weighted by molar-refractivity contribution is 5.51. The second-order valence-corrected chi connectivity index (χ2v) is 5.29. The first-order valence-corrected chi connectivity index (χ1v) is 7.68. The third-order valence-corrected chi connectivity index (χ3v) is 3.50. The second-order valence-electron chi connectivity index (χ2n) is 5.29. The number of nitrogens with zero attached hydrogens (tertiary/aromatic N) is 4. The van der Waals surface area contributed by atoms with Gasteiger partial charge in [-0.3, -0.25) is 0 Å². The highest BCUT2D eigenvalue weighted by Gasteiger charge is 2.04. The van der Waals surface area contributed by atoms with E-state index < -0.39 is 0 Å². The molecule has 0 aliphatic heterocycles. The van der Waals surface area contributed by atoms with Gasteiger partial charge in [-0.2, -0.15) is 4.68 Å². The zero-order valence-electron chi connectivity index (χ0n) is 13.5. The van der Waals surface area contributed by atoms with Crippen molar-refractivity contribution in [2.75, 3.05) is 11.9 Å². The van der Waals surface area contributed by atoms with Crippen LogP contribution >= 0.6 is 0 Å². The predicted molar refractivity (Wildman–Crippen MR) is 93.4 cm³/mol. The van der Waals surface area contributed by atoms with Gasteiger partial charge >= 0.3 is 0 Å². The topological polar surface area (TPSA) is 64.9 Å². The summed E-state index contributed by atoms with van der Waals surface area (Å²) >= 11 is 0. The Balaban J connectivity index is 1.64. The molecule has 2 aromatic carbocycles. The molecule has 6 heteroatoms. The van der Waals surface area contributed by atoms with E-state index in [2.05, 4.69) is 27.4 Å². The van der Waals surface area contributed by atoms with Gasteiger partial charge in [-0.05, 0) is 53.2 Å². The smallest absolute Gasteiger partial charge is 0.153 e. The molecule has 0 amide bonds. The lowest BCUT2D eigenvalue weighted by Gasteiger charge is -2.09. The van der Waals surface area contributed by atoms with Gasteiger partial charge in [0.2, 0.25) is 0 Å². The fourth-order valence-corrected chi connectivity index (χ4v) is 2.28. The first-order valence-electron chi connectivity index (χ1n) is 7.68. The maximum atomic E-state index is 5.48. The minimum absolute atomic E-state index is 0.515. The van der Waals surface area contributed by atoms with Crippen LogP contribution in [-0.4, -0.2) is 26.8 Å². The minimum atomic E-state index is 0.515. The molecule has 3 aromatic rings. The van der Waals surface area contributed by atoms with Crippen LogP contribution in [0.5, 0.6) is 5.75 Å². The van der Waals surface area contributed by atoms with Gasteiger partial charge in [0.15, 0.2) is 5.82 Å². The van der Waals surface area contributed by atoms with Crippen molar-refractivity contribution in [1.29, 1.82) is 0 Å². The molecular formula is C18H19N5O. The highest BCUT2D eigenvalue weighted by atomic mass is 16.5. The third-order valence-electron chi connectivity index (χ3n) is 3.50. The number of rotatable bonds is 7. The van der Waals surface area contributed by atoms with Crippen LogP contribution in [-0.2, 0) is 6.54 Å². The largest absolute Gasteiger partial charge is 0.490 e. The number of aromatic nitrogens is 4. The van der Waals surface area contributed by atoms with E-state index in [9.17, 15) is 0 Å². The fourth-order valence-electron chi connectivity index (χ4n) is 2.28. The van der Waals surface area contributed by atoms with E-state index >= 15 is 0 Å². The lowest BCUT2D eigenvalue weighted by atomic mass is 10.2. The monoisotopic (exact) mass is 321 g/mol. The first kappa shape index (κ1) is 15.7. The van der Waals surface area contributed by atoms with E-state index in [1.165, 1.54) is 5.56 Å². The molecule has 6 nitrogen and oxygen atoms in total. The predicted octanol–water partition coefficient (Wildman–Crippen LogP) is 3.15. The summed E-state index contributed by atoms with van der Waals surface area (Å²) in [5.74, 6) is 1.59. The van der Waals surface area contributed by atoms with Crippen LogP contribution in [0.2, 0.25) is 0 Å². The number of nitrogens with one attached hydrogen (secondary N) is 1. The van der Waals surface area contributed by atoms with Crippen molar-refractivity contribution in [3.05, 3.63) is 72.6 Å². The van der Waals surface area contributed by atoms with E-state index in [1.54, 1.807) is 10.8 Å². The number of hydrogen-bond acceptors (Lipinski definition) is 5. The van der Waals surface area contributed by atoms with Crippen LogP contribution in [0.4, 0.5) is 5.69 Å². The molecule has 0 atom stereocenters. The van der Waals surface area contributed by atoms with Gasteiger partial charge in [-0.25, -0.2) is 0 Å². The SMILES string of the molecule is C=CCOc1ccc(CNc2cccc(-n3nnnc3C)c2)cc1. The summed E-state index contributed by atoms with van der Waals surface area (Å²) in [5, 5.41) is 15.0. The summed E-state index contributed by atoms with van der Waals surface area (Å²) in [7, 11) is 0. The van der Waals surface area contributed by atoms with Crippen molar-refractivity contribution in [3.8, 4) is 11.4 Å². The summed E-state index contributed by atoms with van der Waals surface area (Å²) in [4.78, 5) is 0. The molecule has 0 aliphatic carbocycles. The van der Waals surface area contributed by atoms with Crippen LogP contribution < -0.4 is 10.1 Å². The fraction of sp³-hybridized carbons (Fsp3) is 0.167. The molecule has 1 aromatic heterocycles. The van der Waals surface area contributed by atoms with Crippen molar-refractivity contribution < 1.29 is 4.74 Å². The Kier molecular flexibility index (Phi) is 4.86. The van der Waals surface area contributed by atoms with E-state index in [-0.39, 0.29) is 0 Å². The summed E-state index contributed by atoms with van der Waals surface area (Å²) in [6, 6.07) is 16.0. The molecule has 0 unspecified atom stereocenters. The Bertz CT molecular complexity index is 810. The third kappa shape index (κ3) is 3.78. The molecule has 0 bridgehead atoms. The number of benzene rings is 2. The Morgan fingerprint density at radius 2 is 2.04 bits per heavy atom. The first-order chi connectivity index (χ1) is 11.8. The average Bonchev–Trinajstić information content (AvgIpc) is 3.05. The van der Waals surface area contributed by atoms with Gasteiger partial charge in [0.25, 0.3) is 0 Å². The quantitative estimate of drug-likeness (QED) is 0.677. The van der Waals surface area contributed by atoms with Gasteiger partial charge in [-0.15, -0.1) is 5.10 Å². The Labute approximate surface area is 140 Å². The van der Waals surface area contributed by atoms with Crippen LogP contribution in [0.3, 0.4) is 0 Å². The molecule has 1 N–H and O–H groups in total. The number of anilines is 1. The zero-order chi connectivity index (χ0) is 16.8. The number of tetrazole rings is 1. The normalized spacial score (nSPS) is 10.4. The number of aryl methyl sites for hydroxylation is 1. The van der Waals surface area contributed by atoms with E-state index in [4.69, 9.17) is 4.74 Å². The molecule has 0 saturated heterocycles. The standard InChI is InChI=1S/C18H19N5O/c1-3-11-24-18-9-7-15(8-10-18)13-19-16-5-4-6-17(12-16)23-14(2)20-21-22-23/h3-10,12,19H,1,11,13H2,2H3. The molecule has 24 heavy (non-hydrogen) atoms. The summed E-state index contributed by atoms with van der Waals surface area (Å²) in [6.45, 7) is 6.75. The lowest BCUT2D eigenvalue weighted by molar-refractivity contribution is 0.363. The molecule has 0 radical (unpaired) electrons. The Morgan fingerprint density at radius 1 is 1.21 bits per heavy atom. The lowest BCUT2D eigenvalue weighted by Crippen LogP contribution is -2.03. The van der Waals surface area contributed by atoms with Crippen molar-refractivity contribution in [1.82, 2.24) is 20.2 Å². The van der Waals surface area contributed by atoms with Crippen LogP contribution in [0.25, 0.3) is 5.69 Å². The minimum Gasteiger partial charge on any atom is -0.490 e. The van der Waals surface area contributed by atoms with Crippen molar-refractivity contribution >= 4 is 5.69 Å². The van der Waals surface area contributed by atoms with Crippen molar-refractivity contribution in [2.45, 2.75) is 13.5 Å². The molecule has 3 rings (SSSR count). The molecule has 0 spiro atoms. The highest BCUT2D eigenvalue weighted by Crippen LogP contribution is 2.17. The summed E-state index contributed by atoms with van der Waals surface area (Å²) in [6.07, 6.45) is 1.73. The molecule has 0 fully saturated rings. The van der Waals surface area contributed by atoms with Crippen LogP contribution in [0.15, 0.2) is 61.2 Å². The van der Waals surface area contributed by atoms with Gasteiger partial charge < -0.3 is 10.1 Å². The van der Waals surface area contributed by atoms with Gasteiger partial charge in [-0.1, -0.05) is 30.9 Å². The maximum absolute atomic E-state index is 5.48. The van der Waals surface area contributed by atoms with Crippen LogP contribution in [0, 0.1) is 6.92 Å². The number of ether oxygens (including phenoxy) is 1. The Hall–Kier alpha value is -3.15. The Morgan fingerprint density at radius 3 is 2.75 bits per heavy atom. The van der Waals surface area contributed by atoms with Crippen molar-refractivity contribution in [3.63, 3.8) is 0 Å². The van der Waals surface area contributed by atoms with E-state index in [0.717, 1.165) is 29.5 Å². The van der Waals surface area contributed by atoms with Crippen LogP contribution in [0.1, 0.15) is 11.4 Å². The summed E-state index contributed by atoms with van der Waals surface area (Å²) < 4.78 is 7.19. The number of hydrogen-bond donors (Lipinski definition) is 1. The van der Waals surface area contributed by atoms with Gasteiger partial charge in [0.05, 0.1) is 5.69 Å². The zero-order valence-corrected chi connectivity index (χ0v) is 13.5. The van der Waals surface area contributed by atoms with Crippen molar-refractivity contribution in [2.24, 2.45) is 0 Å². The van der Waals surface area contributed by atoms with E-state index in [1.807, 2.05) is 55.5 Å². The molecule has 122 valence electrons.